The number of hydrogen-bond donors (Lipinski definition) is 2. The Kier molecular flexibility index (Phi) is 4.43. The third kappa shape index (κ3) is 3.19. The van der Waals surface area contributed by atoms with Crippen LogP contribution >= 0.6 is 0 Å². The van der Waals surface area contributed by atoms with Crippen LogP contribution in [-0.4, -0.2) is 20.6 Å². The van der Waals surface area contributed by atoms with E-state index in [4.69, 9.17) is 9.15 Å². The first-order valence-corrected chi connectivity index (χ1v) is 7.33. The van der Waals surface area contributed by atoms with E-state index < -0.39 is 10.0 Å². The summed E-state index contributed by atoms with van der Waals surface area (Å²) in [7, 11) is -2.19. The highest BCUT2D eigenvalue weighted by Crippen LogP contribution is 2.22. The summed E-state index contributed by atoms with van der Waals surface area (Å²) in [6.45, 7) is -0.159. The standard InChI is InChI=1S/C13H15NO5S/c1-18-13-3-2-12(6-11(13)8-15)20(16,17)14-7-10-4-5-19-9-10/h2-6,9,14-15H,7-8H2,1H3. The summed E-state index contributed by atoms with van der Waals surface area (Å²) < 4.78 is 36.6. The molecule has 1 aromatic carbocycles. The third-order valence-electron chi connectivity index (χ3n) is 2.78. The Labute approximate surface area is 117 Å². The maximum absolute atomic E-state index is 12.1. The number of nitrogens with one attached hydrogen (secondary N) is 1. The van der Waals surface area contributed by atoms with Gasteiger partial charge in [-0.25, -0.2) is 13.1 Å². The molecule has 2 aromatic rings. The van der Waals surface area contributed by atoms with Crippen LogP contribution in [0.2, 0.25) is 0 Å². The summed E-state index contributed by atoms with van der Waals surface area (Å²) in [5.74, 6) is 0.446. The van der Waals surface area contributed by atoms with Gasteiger partial charge in [0.2, 0.25) is 10.0 Å². The van der Waals surface area contributed by atoms with Crippen molar-refractivity contribution < 1.29 is 22.7 Å². The lowest BCUT2D eigenvalue weighted by molar-refractivity contribution is 0.273. The van der Waals surface area contributed by atoms with Gasteiger partial charge in [0.1, 0.15) is 5.75 Å². The molecule has 0 saturated carbocycles. The monoisotopic (exact) mass is 297 g/mol. The van der Waals surface area contributed by atoms with Gasteiger partial charge in [-0.3, -0.25) is 0 Å². The number of aliphatic hydroxyl groups is 1. The molecule has 0 aliphatic heterocycles. The quantitative estimate of drug-likeness (QED) is 0.838. The predicted molar refractivity (Wildman–Crippen MR) is 71.7 cm³/mol. The van der Waals surface area contributed by atoms with E-state index in [0.717, 1.165) is 5.56 Å². The van der Waals surface area contributed by atoms with Crippen molar-refractivity contribution >= 4 is 10.0 Å². The Hall–Kier alpha value is -1.83. The minimum absolute atomic E-state index is 0.0749. The van der Waals surface area contributed by atoms with Gasteiger partial charge in [-0.15, -0.1) is 0 Å². The van der Waals surface area contributed by atoms with Crippen molar-refractivity contribution in [3.8, 4) is 5.75 Å². The lowest BCUT2D eigenvalue weighted by Crippen LogP contribution is -2.23. The first-order valence-electron chi connectivity index (χ1n) is 5.85. The van der Waals surface area contributed by atoms with Crippen molar-refractivity contribution in [3.63, 3.8) is 0 Å². The number of hydrogen-bond acceptors (Lipinski definition) is 5. The molecule has 0 bridgehead atoms. The molecular formula is C13H15NO5S. The first-order chi connectivity index (χ1) is 9.56. The topological polar surface area (TPSA) is 88.8 Å². The highest BCUT2D eigenvalue weighted by Gasteiger charge is 2.16. The fourth-order valence-electron chi connectivity index (χ4n) is 1.70. The Morgan fingerprint density at radius 3 is 2.75 bits per heavy atom. The molecule has 6 nitrogen and oxygen atoms in total. The van der Waals surface area contributed by atoms with Crippen molar-refractivity contribution in [3.05, 3.63) is 47.9 Å². The molecule has 1 heterocycles. The van der Waals surface area contributed by atoms with E-state index in [-0.39, 0.29) is 18.0 Å². The molecule has 108 valence electrons. The summed E-state index contributed by atoms with van der Waals surface area (Å²) in [6.07, 6.45) is 2.94. The van der Waals surface area contributed by atoms with E-state index in [0.29, 0.717) is 11.3 Å². The van der Waals surface area contributed by atoms with E-state index in [1.54, 1.807) is 6.07 Å². The summed E-state index contributed by atoms with van der Waals surface area (Å²) in [5, 5.41) is 9.21. The van der Waals surface area contributed by atoms with Gasteiger partial charge in [-0.2, -0.15) is 0 Å². The second kappa shape index (κ2) is 6.08. The Morgan fingerprint density at radius 1 is 1.35 bits per heavy atom. The SMILES string of the molecule is COc1ccc(S(=O)(=O)NCc2ccoc2)cc1CO. The van der Waals surface area contributed by atoms with Gasteiger partial charge >= 0.3 is 0 Å². The fraction of sp³-hybridized carbons (Fsp3) is 0.231. The molecule has 1 aromatic heterocycles. The van der Waals surface area contributed by atoms with Gasteiger partial charge in [0, 0.05) is 17.7 Å². The molecule has 0 aliphatic carbocycles. The summed E-state index contributed by atoms with van der Waals surface area (Å²) >= 11 is 0. The Morgan fingerprint density at radius 2 is 2.15 bits per heavy atom. The lowest BCUT2D eigenvalue weighted by Gasteiger charge is -2.10. The zero-order chi connectivity index (χ0) is 14.6. The minimum atomic E-state index is -3.65. The van der Waals surface area contributed by atoms with E-state index in [1.165, 1.54) is 37.8 Å². The van der Waals surface area contributed by atoms with Crippen molar-refractivity contribution in [2.24, 2.45) is 0 Å². The van der Waals surface area contributed by atoms with Crippen LogP contribution in [0.5, 0.6) is 5.75 Å². The van der Waals surface area contributed by atoms with Gasteiger partial charge in [0.05, 0.1) is 31.1 Å². The van der Waals surface area contributed by atoms with Gasteiger partial charge in [-0.1, -0.05) is 0 Å². The van der Waals surface area contributed by atoms with Crippen molar-refractivity contribution in [1.82, 2.24) is 4.72 Å². The Balaban J connectivity index is 2.20. The Bertz CT molecular complexity index is 664. The molecule has 0 fully saturated rings. The molecule has 0 spiro atoms. The number of aliphatic hydroxyl groups excluding tert-OH is 1. The van der Waals surface area contributed by atoms with Gasteiger partial charge < -0.3 is 14.3 Å². The van der Waals surface area contributed by atoms with Crippen LogP contribution < -0.4 is 9.46 Å². The number of furan rings is 1. The smallest absolute Gasteiger partial charge is 0.240 e. The maximum Gasteiger partial charge on any atom is 0.240 e. The lowest BCUT2D eigenvalue weighted by atomic mass is 10.2. The summed E-state index contributed by atoms with van der Waals surface area (Å²) in [6, 6.07) is 6.00. The molecule has 0 amide bonds. The molecule has 0 unspecified atom stereocenters. The molecule has 2 N–H and O–H groups in total. The van der Waals surface area contributed by atoms with E-state index in [9.17, 15) is 13.5 Å². The van der Waals surface area contributed by atoms with Crippen molar-refractivity contribution in [1.29, 1.82) is 0 Å². The highest BCUT2D eigenvalue weighted by molar-refractivity contribution is 7.89. The number of benzene rings is 1. The average Bonchev–Trinajstić information content (AvgIpc) is 2.97. The summed E-state index contributed by atoms with van der Waals surface area (Å²) in [4.78, 5) is 0.0749. The van der Waals surface area contributed by atoms with Gasteiger partial charge in [0.15, 0.2) is 0 Å². The number of sulfonamides is 1. The van der Waals surface area contributed by atoms with Crippen molar-refractivity contribution in [2.45, 2.75) is 18.0 Å². The molecule has 2 rings (SSSR count). The first kappa shape index (κ1) is 14.6. The van der Waals surface area contributed by atoms with E-state index in [1.807, 2.05) is 0 Å². The maximum atomic E-state index is 12.1. The molecule has 7 heteroatoms. The normalized spacial score (nSPS) is 11.5. The van der Waals surface area contributed by atoms with Crippen molar-refractivity contribution in [2.75, 3.05) is 7.11 Å². The zero-order valence-electron chi connectivity index (χ0n) is 10.9. The fourth-order valence-corrected chi connectivity index (χ4v) is 2.77. The van der Waals surface area contributed by atoms with Crippen LogP contribution in [-0.2, 0) is 23.2 Å². The second-order valence-electron chi connectivity index (χ2n) is 4.09. The third-order valence-corrected chi connectivity index (χ3v) is 4.18. The summed E-state index contributed by atoms with van der Waals surface area (Å²) in [5.41, 5.74) is 1.14. The van der Waals surface area contributed by atoms with Crippen LogP contribution in [0.25, 0.3) is 0 Å². The average molecular weight is 297 g/mol. The number of methoxy groups -OCH3 is 1. The molecule has 0 atom stereocenters. The molecule has 0 aliphatic rings. The number of ether oxygens (including phenoxy) is 1. The zero-order valence-corrected chi connectivity index (χ0v) is 11.7. The van der Waals surface area contributed by atoms with Gasteiger partial charge in [0.25, 0.3) is 0 Å². The van der Waals surface area contributed by atoms with Crippen LogP contribution in [0.15, 0.2) is 46.1 Å². The molecule has 0 radical (unpaired) electrons. The van der Waals surface area contributed by atoms with E-state index in [2.05, 4.69) is 4.72 Å². The van der Waals surface area contributed by atoms with Gasteiger partial charge in [-0.05, 0) is 24.3 Å². The minimum Gasteiger partial charge on any atom is -0.496 e. The molecule has 0 saturated heterocycles. The van der Waals surface area contributed by atoms with E-state index >= 15 is 0 Å². The van der Waals surface area contributed by atoms with Crippen LogP contribution in [0, 0.1) is 0 Å². The predicted octanol–water partition coefficient (Wildman–Crippen LogP) is 1.26. The largest absolute Gasteiger partial charge is 0.496 e. The highest BCUT2D eigenvalue weighted by atomic mass is 32.2. The van der Waals surface area contributed by atoms with Crippen LogP contribution in [0.1, 0.15) is 11.1 Å². The van der Waals surface area contributed by atoms with Crippen LogP contribution in [0.3, 0.4) is 0 Å². The van der Waals surface area contributed by atoms with Crippen LogP contribution in [0.4, 0.5) is 0 Å². The second-order valence-corrected chi connectivity index (χ2v) is 5.85. The number of rotatable bonds is 6. The molecular weight excluding hydrogens is 282 g/mol. The molecule has 20 heavy (non-hydrogen) atoms.